The summed E-state index contributed by atoms with van der Waals surface area (Å²) < 4.78 is 22.5. The Hall–Kier alpha value is -1.27. The Morgan fingerprint density at radius 1 is 1.38 bits per heavy atom. The molecule has 0 amide bonds. The van der Waals surface area contributed by atoms with E-state index in [4.69, 9.17) is 10.9 Å². The van der Waals surface area contributed by atoms with Crippen LogP contribution in [0.4, 0.5) is 11.4 Å². The summed E-state index contributed by atoms with van der Waals surface area (Å²) in [5.41, 5.74) is 6.65. The van der Waals surface area contributed by atoms with E-state index in [0.29, 0.717) is 5.69 Å². The van der Waals surface area contributed by atoms with Gasteiger partial charge in [-0.05, 0) is 31.9 Å². The number of nitrogens with one attached hydrogen (secondary N) is 1. The maximum Gasteiger partial charge on any atom is 0.240 e. The molecule has 0 bridgehead atoms. The first-order valence-electron chi connectivity index (χ1n) is 5.01. The molecule has 0 unspecified atom stereocenters. The van der Waals surface area contributed by atoms with Gasteiger partial charge in [-0.15, -0.1) is 0 Å². The summed E-state index contributed by atoms with van der Waals surface area (Å²) in [5.74, 6) is 0. The molecule has 1 aromatic rings. The highest BCUT2D eigenvalue weighted by molar-refractivity contribution is 7.89. The largest absolute Gasteiger partial charge is 0.396 e. The minimum Gasteiger partial charge on any atom is -0.396 e. The number of anilines is 2. The van der Waals surface area contributed by atoms with E-state index in [-0.39, 0.29) is 16.1 Å². The summed E-state index contributed by atoms with van der Waals surface area (Å²) in [6.45, 7) is 2.07. The van der Waals surface area contributed by atoms with E-state index in [1.165, 1.54) is 6.07 Å². The van der Waals surface area contributed by atoms with E-state index in [0.717, 1.165) is 12.8 Å². The normalized spacial score (nSPS) is 18.1. The van der Waals surface area contributed by atoms with Crippen LogP contribution in [0.25, 0.3) is 0 Å². The number of hydrogen-bond acceptors (Lipinski definition) is 4. The molecule has 5 N–H and O–H groups in total. The molecule has 1 aromatic carbocycles. The van der Waals surface area contributed by atoms with Crippen molar-refractivity contribution in [2.24, 2.45) is 5.14 Å². The SMILES string of the molecule is CC1(Nc2cccc(S(N)(=O)=O)c2N)CC1. The van der Waals surface area contributed by atoms with Gasteiger partial charge in [-0.25, -0.2) is 13.6 Å². The number of rotatable bonds is 3. The molecule has 0 atom stereocenters. The first-order valence-corrected chi connectivity index (χ1v) is 6.56. The molecule has 5 nitrogen and oxygen atoms in total. The summed E-state index contributed by atoms with van der Waals surface area (Å²) in [7, 11) is -3.76. The number of sulfonamides is 1. The van der Waals surface area contributed by atoms with Crippen molar-refractivity contribution in [3.05, 3.63) is 18.2 Å². The van der Waals surface area contributed by atoms with E-state index < -0.39 is 10.0 Å². The quantitative estimate of drug-likeness (QED) is 0.684. The Balaban J connectivity index is 2.41. The molecule has 1 aliphatic rings. The first-order chi connectivity index (χ1) is 7.32. The number of nitrogen functional groups attached to an aromatic ring is 1. The van der Waals surface area contributed by atoms with Gasteiger partial charge < -0.3 is 11.1 Å². The molecule has 1 fully saturated rings. The second-order valence-corrected chi connectivity index (χ2v) is 5.98. The van der Waals surface area contributed by atoms with Crippen molar-refractivity contribution < 1.29 is 8.42 Å². The zero-order chi connectivity index (χ0) is 12.0. The minimum absolute atomic E-state index is 0.0262. The van der Waals surface area contributed by atoms with Gasteiger partial charge in [-0.1, -0.05) is 6.07 Å². The van der Waals surface area contributed by atoms with Crippen molar-refractivity contribution in [3.63, 3.8) is 0 Å². The molecule has 0 radical (unpaired) electrons. The van der Waals surface area contributed by atoms with Gasteiger partial charge in [-0.3, -0.25) is 0 Å². The molecule has 1 aliphatic carbocycles. The van der Waals surface area contributed by atoms with Crippen molar-refractivity contribution in [3.8, 4) is 0 Å². The lowest BCUT2D eigenvalue weighted by atomic mass is 10.2. The minimum atomic E-state index is -3.76. The van der Waals surface area contributed by atoms with Crippen molar-refractivity contribution in [2.75, 3.05) is 11.1 Å². The number of hydrogen-bond donors (Lipinski definition) is 3. The third-order valence-corrected chi connectivity index (χ3v) is 3.78. The smallest absolute Gasteiger partial charge is 0.240 e. The predicted molar refractivity (Wildman–Crippen MR) is 63.5 cm³/mol. The van der Waals surface area contributed by atoms with E-state index in [9.17, 15) is 8.42 Å². The summed E-state index contributed by atoms with van der Waals surface area (Å²) in [5, 5.41) is 8.30. The lowest BCUT2D eigenvalue weighted by molar-refractivity contribution is 0.598. The van der Waals surface area contributed by atoms with E-state index in [1.54, 1.807) is 12.1 Å². The molecule has 1 saturated carbocycles. The highest BCUT2D eigenvalue weighted by Gasteiger charge is 2.37. The van der Waals surface area contributed by atoms with Crippen LogP contribution in [0.2, 0.25) is 0 Å². The molecule has 0 spiro atoms. The molecule has 0 aromatic heterocycles. The van der Waals surface area contributed by atoms with Crippen LogP contribution in [0.1, 0.15) is 19.8 Å². The highest BCUT2D eigenvalue weighted by atomic mass is 32.2. The molecule has 0 aliphatic heterocycles. The topological polar surface area (TPSA) is 98.2 Å². The molecule has 88 valence electrons. The molecule has 16 heavy (non-hydrogen) atoms. The van der Waals surface area contributed by atoms with E-state index in [2.05, 4.69) is 12.2 Å². The highest BCUT2D eigenvalue weighted by Crippen LogP contribution is 2.40. The predicted octanol–water partition coefficient (Wildman–Crippen LogP) is 0.881. The second-order valence-electron chi connectivity index (χ2n) is 4.45. The van der Waals surface area contributed by atoms with Gasteiger partial charge in [0.15, 0.2) is 0 Å². The number of para-hydroxylation sites is 1. The summed E-state index contributed by atoms with van der Waals surface area (Å²) in [6.07, 6.45) is 2.12. The average Bonchev–Trinajstić information content (AvgIpc) is 2.86. The van der Waals surface area contributed by atoms with Crippen LogP contribution in [0, 0.1) is 0 Å². The van der Waals surface area contributed by atoms with Crippen LogP contribution < -0.4 is 16.2 Å². The van der Waals surface area contributed by atoms with Crippen LogP contribution in [-0.2, 0) is 10.0 Å². The van der Waals surface area contributed by atoms with Crippen molar-refractivity contribution in [2.45, 2.75) is 30.2 Å². The lowest BCUT2D eigenvalue weighted by Gasteiger charge is -2.16. The van der Waals surface area contributed by atoms with E-state index in [1.807, 2.05) is 0 Å². The maximum absolute atomic E-state index is 11.3. The molecule has 2 rings (SSSR count). The maximum atomic E-state index is 11.3. The van der Waals surface area contributed by atoms with Crippen LogP contribution in [-0.4, -0.2) is 14.0 Å². The van der Waals surface area contributed by atoms with Crippen LogP contribution in [0.15, 0.2) is 23.1 Å². The average molecular weight is 241 g/mol. The Labute approximate surface area is 94.9 Å². The standard InChI is InChI=1S/C10H15N3O2S/c1-10(5-6-10)13-7-3-2-4-8(9(7)11)16(12,14)15/h2-4,13H,5-6,11H2,1H3,(H2,12,14,15). The molecule has 6 heteroatoms. The van der Waals surface area contributed by atoms with Crippen molar-refractivity contribution >= 4 is 21.4 Å². The fraction of sp³-hybridized carbons (Fsp3) is 0.400. The fourth-order valence-electron chi connectivity index (χ4n) is 1.54. The molecule has 0 heterocycles. The van der Waals surface area contributed by atoms with Gasteiger partial charge in [0.25, 0.3) is 0 Å². The monoisotopic (exact) mass is 241 g/mol. The number of primary sulfonamides is 1. The summed E-state index contributed by atoms with van der Waals surface area (Å²) >= 11 is 0. The third kappa shape index (κ3) is 2.12. The van der Waals surface area contributed by atoms with Crippen molar-refractivity contribution in [1.29, 1.82) is 0 Å². The third-order valence-electron chi connectivity index (χ3n) is 2.81. The van der Waals surface area contributed by atoms with Crippen LogP contribution in [0.3, 0.4) is 0 Å². The number of benzene rings is 1. The Bertz CT molecular complexity index is 521. The van der Waals surface area contributed by atoms with Gasteiger partial charge in [0.1, 0.15) is 4.90 Å². The fourth-order valence-corrected chi connectivity index (χ4v) is 2.22. The second kappa shape index (κ2) is 3.36. The zero-order valence-electron chi connectivity index (χ0n) is 9.03. The molecular weight excluding hydrogens is 226 g/mol. The molecule has 0 saturated heterocycles. The molecular formula is C10H15N3O2S. The first kappa shape index (κ1) is 11.2. The Kier molecular flexibility index (Phi) is 2.36. The van der Waals surface area contributed by atoms with Crippen LogP contribution >= 0.6 is 0 Å². The lowest BCUT2D eigenvalue weighted by Crippen LogP contribution is -2.19. The van der Waals surface area contributed by atoms with Gasteiger partial charge in [0, 0.05) is 5.54 Å². The van der Waals surface area contributed by atoms with Crippen LogP contribution in [0.5, 0.6) is 0 Å². The van der Waals surface area contributed by atoms with Gasteiger partial charge in [0.05, 0.1) is 11.4 Å². The summed E-state index contributed by atoms with van der Waals surface area (Å²) in [4.78, 5) is -0.0262. The summed E-state index contributed by atoms with van der Waals surface area (Å²) in [6, 6.07) is 4.79. The number of nitrogens with two attached hydrogens (primary N) is 2. The van der Waals surface area contributed by atoms with Gasteiger partial charge >= 0.3 is 0 Å². The zero-order valence-corrected chi connectivity index (χ0v) is 9.84. The van der Waals surface area contributed by atoms with Gasteiger partial charge in [-0.2, -0.15) is 0 Å². The van der Waals surface area contributed by atoms with E-state index >= 15 is 0 Å². The van der Waals surface area contributed by atoms with Crippen molar-refractivity contribution in [1.82, 2.24) is 0 Å². The Morgan fingerprint density at radius 3 is 2.50 bits per heavy atom. The Morgan fingerprint density at radius 2 is 2.00 bits per heavy atom. The van der Waals surface area contributed by atoms with Gasteiger partial charge in [0.2, 0.25) is 10.0 Å².